The van der Waals surface area contributed by atoms with E-state index >= 15 is 0 Å². The van der Waals surface area contributed by atoms with E-state index < -0.39 is 0 Å². The summed E-state index contributed by atoms with van der Waals surface area (Å²) >= 11 is 0. The Balaban J connectivity index is 1.59. The van der Waals surface area contributed by atoms with Crippen LogP contribution in [0, 0.1) is 40.4 Å². The van der Waals surface area contributed by atoms with E-state index in [1.54, 1.807) is 6.16 Å². The minimum Gasteiger partial charge on any atom is -0.328 e. The van der Waals surface area contributed by atoms with Gasteiger partial charge in [-0.3, -0.25) is 0 Å². The molecular weight excluding hydrogens is 321 g/mol. The van der Waals surface area contributed by atoms with Gasteiger partial charge in [-0.05, 0) is 104 Å². The molecule has 1 nitrogen and oxygen atoms in total. The van der Waals surface area contributed by atoms with Crippen LogP contribution in [0.4, 0.5) is 0 Å². The molecule has 0 spiro atoms. The summed E-state index contributed by atoms with van der Waals surface area (Å²) in [4.78, 5) is 0. The fourth-order valence-corrected chi connectivity index (χ4v) is 10.8. The van der Waals surface area contributed by atoms with Gasteiger partial charge in [0.1, 0.15) is 0 Å². The van der Waals surface area contributed by atoms with Crippen molar-refractivity contribution in [3.63, 3.8) is 0 Å². The van der Waals surface area contributed by atoms with Crippen LogP contribution < -0.4 is 5.73 Å². The molecule has 7 unspecified atom stereocenters. The van der Waals surface area contributed by atoms with Crippen molar-refractivity contribution in [1.29, 1.82) is 0 Å². The van der Waals surface area contributed by atoms with E-state index in [1.807, 2.05) is 0 Å². The van der Waals surface area contributed by atoms with Crippen LogP contribution in [0.1, 0.15) is 85.5 Å². The Labute approximate surface area is 158 Å². The van der Waals surface area contributed by atoms with Crippen molar-refractivity contribution in [3.8, 4) is 0 Å². The highest BCUT2D eigenvalue weighted by molar-refractivity contribution is 7.39. The van der Waals surface area contributed by atoms with Gasteiger partial charge < -0.3 is 5.73 Å². The van der Waals surface area contributed by atoms with Gasteiger partial charge in [-0.1, -0.05) is 34.1 Å². The Morgan fingerprint density at radius 1 is 0.880 bits per heavy atom. The maximum absolute atomic E-state index is 6.33. The molecule has 1 saturated heterocycles. The molecule has 8 atom stereocenters. The first-order valence-electron chi connectivity index (χ1n) is 11.3. The molecule has 4 rings (SSSR count). The zero-order valence-corrected chi connectivity index (χ0v) is 18.2. The van der Waals surface area contributed by atoms with Gasteiger partial charge in [-0.25, -0.2) is 0 Å². The van der Waals surface area contributed by atoms with Gasteiger partial charge in [0, 0.05) is 6.04 Å². The third-order valence-electron chi connectivity index (χ3n) is 8.77. The van der Waals surface area contributed by atoms with Gasteiger partial charge in [-0.2, -0.15) is 0 Å². The lowest BCUT2D eigenvalue weighted by Gasteiger charge is -2.59. The first-order chi connectivity index (χ1) is 11.8. The lowest BCUT2D eigenvalue weighted by Crippen LogP contribution is -2.52. The molecule has 144 valence electrons. The number of hydrogen-bond donors (Lipinski definition) is 1. The summed E-state index contributed by atoms with van der Waals surface area (Å²) in [7, 11) is 1.25. The Morgan fingerprint density at radius 3 is 2.44 bits per heavy atom. The van der Waals surface area contributed by atoms with Crippen molar-refractivity contribution >= 4 is 8.58 Å². The molecule has 0 aromatic heterocycles. The fraction of sp³-hybridized carbons (Fsp3) is 1.00. The molecule has 4 fully saturated rings. The summed E-state index contributed by atoms with van der Waals surface area (Å²) < 4.78 is 0. The normalized spacial score (nSPS) is 50.0. The fourth-order valence-electron chi connectivity index (χ4n) is 8.26. The number of hydrogen-bond acceptors (Lipinski definition) is 1. The number of nitrogens with two attached hydrogens (primary N) is 1. The SMILES string of the molecule is CC1(C)CCCC2PCC3C4CC[C@@H](N)CC4CCC3C2C(C)(C)C1. The van der Waals surface area contributed by atoms with Gasteiger partial charge >= 0.3 is 0 Å². The van der Waals surface area contributed by atoms with Crippen LogP contribution in [0.2, 0.25) is 0 Å². The highest BCUT2D eigenvalue weighted by Crippen LogP contribution is 2.62. The molecule has 3 aliphatic carbocycles. The average molecular weight is 364 g/mol. The highest BCUT2D eigenvalue weighted by Gasteiger charge is 2.53. The Kier molecular flexibility index (Phi) is 5.08. The Bertz CT molecular complexity index is 484. The summed E-state index contributed by atoms with van der Waals surface area (Å²) in [5, 5.41) is 0. The van der Waals surface area contributed by atoms with Crippen molar-refractivity contribution < 1.29 is 0 Å². The van der Waals surface area contributed by atoms with Gasteiger partial charge in [0.05, 0.1) is 0 Å². The van der Waals surface area contributed by atoms with E-state index in [4.69, 9.17) is 5.73 Å². The van der Waals surface area contributed by atoms with E-state index in [2.05, 4.69) is 27.7 Å². The van der Waals surface area contributed by atoms with E-state index in [-0.39, 0.29) is 0 Å². The Hall–Kier alpha value is 0.390. The molecule has 2 N–H and O–H groups in total. The molecule has 0 amide bonds. The van der Waals surface area contributed by atoms with Crippen molar-refractivity contribution in [2.24, 2.45) is 46.2 Å². The van der Waals surface area contributed by atoms with Crippen LogP contribution >= 0.6 is 8.58 Å². The highest BCUT2D eigenvalue weighted by atomic mass is 31.1. The molecule has 1 aliphatic heterocycles. The molecule has 1 heterocycles. The smallest absolute Gasteiger partial charge is 0.00416 e. The van der Waals surface area contributed by atoms with Crippen LogP contribution in [-0.4, -0.2) is 17.9 Å². The van der Waals surface area contributed by atoms with Gasteiger partial charge in [0.15, 0.2) is 0 Å². The molecule has 25 heavy (non-hydrogen) atoms. The Morgan fingerprint density at radius 2 is 1.64 bits per heavy atom. The minimum absolute atomic E-state index is 0.509. The third kappa shape index (κ3) is 3.59. The molecule has 0 bridgehead atoms. The molecule has 0 aromatic carbocycles. The van der Waals surface area contributed by atoms with Gasteiger partial charge in [0.25, 0.3) is 0 Å². The zero-order valence-electron chi connectivity index (χ0n) is 17.2. The summed E-state index contributed by atoms with van der Waals surface area (Å²) in [5.74, 6) is 5.08. The lowest BCUT2D eigenvalue weighted by atomic mass is 9.52. The first-order valence-corrected chi connectivity index (χ1v) is 12.5. The van der Waals surface area contributed by atoms with Crippen molar-refractivity contribution in [2.75, 3.05) is 6.16 Å². The summed E-state index contributed by atoms with van der Waals surface area (Å²) in [6.07, 6.45) is 14.6. The van der Waals surface area contributed by atoms with Crippen LogP contribution in [0.15, 0.2) is 0 Å². The van der Waals surface area contributed by atoms with Crippen LogP contribution in [0.3, 0.4) is 0 Å². The van der Waals surface area contributed by atoms with Crippen LogP contribution in [-0.2, 0) is 0 Å². The quantitative estimate of drug-likeness (QED) is 0.520. The average Bonchev–Trinajstić information content (AvgIpc) is 2.51. The van der Waals surface area contributed by atoms with Crippen molar-refractivity contribution in [3.05, 3.63) is 0 Å². The maximum Gasteiger partial charge on any atom is 0.00416 e. The van der Waals surface area contributed by atoms with Crippen molar-refractivity contribution in [1.82, 2.24) is 0 Å². The second-order valence-electron chi connectivity index (χ2n) is 11.7. The molecule has 3 saturated carbocycles. The zero-order chi connectivity index (χ0) is 17.8. The van der Waals surface area contributed by atoms with Crippen LogP contribution in [0.25, 0.3) is 0 Å². The van der Waals surface area contributed by atoms with Gasteiger partial charge in [0.2, 0.25) is 0 Å². The first kappa shape index (κ1) is 18.7. The van der Waals surface area contributed by atoms with E-state index in [0.717, 1.165) is 35.2 Å². The summed E-state index contributed by atoms with van der Waals surface area (Å²) in [6.45, 7) is 10.4. The topological polar surface area (TPSA) is 26.0 Å². The van der Waals surface area contributed by atoms with Crippen LogP contribution in [0.5, 0.6) is 0 Å². The monoisotopic (exact) mass is 363 g/mol. The van der Waals surface area contributed by atoms with E-state index in [1.165, 1.54) is 66.4 Å². The maximum atomic E-state index is 6.33. The second kappa shape index (κ2) is 6.77. The molecule has 4 aliphatic rings. The lowest BCUT2D eigenvalue weighted by molar-refractivity contribution is -0.0313. The summed E-state index contributed by atoms with van der Waals surface area (Å²) in [5.41, 5.74) is 8.45. The van der Waals surface area contributed by atoms with Crippen molar-refractivity contribution in [2.45, 2.75) is 97.2 Å². The predicted octanol–water partition coefficient (Wildman–Crippen LogP) is 6.06. The number of rotatable bonds is 0. The molecule has 2 heteroatoms. The van der Waals surface area contributed by atoms with E-state index in [9.17, 15) is 0 Å². The summed E-state index contributed by atoms with van der Waals surface area (Å²) in [6, 6.07) is 0.509. The second-order valence-corrected chi connectivity index (χ2v) is 13.2. The standard InChI is InChI=1S/C23H42NP/c1-22(2)11-5-6-20-21(23(3,4)14-22)18-9-7-15-12-16(24)8-10-17(15)19(18)13-25-20/h15-21,25H,5-14,24H2,1-4H3/t15?,16-,17?,18?,19?,20?,21?/m1/s1. The molecule has 0 radical (unpaired) electrons. The van der Waals surface area contributed by atoms with Gasteiger partial charge in [-0.15, -0.1) is 8.58 Å². The predicted molar refractivity (Wildman–Crippen MR) is 112 cm³/mol. The largest absolute Gasteiger partial charge is 0.328 e. The van der Waals surface area contributed by atoms with E-state index in [0.29, 0.717) is 16.9 Å². The molecule has 0 aromatic rings. The number of fused-ring (bicyclic) bond motifs is 5. The minimum atomic E-state index is 0.509. The molecular formula is C23H42NP. The third-order valence-corrected chi connectivity index (χ3v) is 10.6.